The van der Waals surface area contributed by atoms with Gasteiger partial charge in [0.15, 0.2) is 0 Å². The smallest absolute Gasteiger partial charge is 0.137 e. The molecule has 0 aromatic heterocycles. The first kappa shape index (κ1) is 12.8. The molecule has 0 saturated heterocycles. The van der Waals surface area contributed by atoms with E-state index in [0.717, 1.165) is 6.54 Å². The highest BCUT2D eigenvalue weighted by molar-refractivity contribution is 8.00. The van der Waals surface area contributed by atoms with Gasteiger partial charge in [0.25, 0.3) is 0 Å². The van der Waals surface area contributed by atoms with Gasteiger partial charge in [-0.25, -0.2) is 8.78 Å². The minimum Gasteiger partial charge on any atom is -0.310 e. The van der Waals surface area contributed by atoms with Crippen LogP contribution in [-0.4, -0.2) is 11.8 Å². The number of halogens is 2. The minimum atomic E-state index is -0.312. The van der Waals surface area contributed by atoms with Crippen molar-refractivity contribution in [1.82, 2.24) is 5.32 Å². The summed E-state index contributed by atoms with van der Waals surface area (Å²) in [7, 11) is 0. The van der Waals surface area contributed by atoms with Crippen LogP contribution in [0, 0.1) is 17.6 Å². The summed E-state index contributed by atoms with van der Waals surface area (Å²) in [4.78, 5) is 0.474. The SMILES string of the molecule is CCNC1c2c(F)ccc(F)c2SC(C)C1C. The predicted molar refractivity (Wildman–Crippen MR) is 67.3 cm³/mol. The maximum atomic E-state index is 13.9. The second kappa shape index (κ2) is 4.94. The maximum Gasteiger partial charge on any atom is 0.137 e. The van der Waals surface area contributed by atoms with Crippen molar-refractivity contribution >= 4 is 11.8 Å². The largest absolute Gasteiger partial charge is 0.310 e. The third-order valence-electron chi connectivity index (χ3n) is 3.40. The number of thioether (sulfide) groups is 1. The lowest BCUT2D eigenvalue weighted by Gasteiger charge is -2.36. The molecule has 0 radical (unpaired) electrons. The number of benzene rings is 1. The van der Waals surface area contributed by atoms with E-state index in [0.29, 0.717) is 10.5 Å². The van der Waals surface area contributed by atoms with E-state index in [4.69, 9.17) is 0 Å². The summed E-state index contributed by atoms with van der Waals surface area (Å²) < 4.78 is 27.7. The summed E-state index contributed by atoms with van der Waals surface area (Å²) in [6.07, 6.45) is 0. The number of nitrogens with one attached hydrogen (secondary N) is 1. The van der Waals surface area contributed by atoms with Crippen LogP contribution in [0.4, 0.5) is 8.78 Å². The summed E-state index contributed by atoms with van der Waals surface area (Å²) in [5.41, 5.74) is 0.502. The standard InChI is InChI=1S/C13H17F2NS/c1-4-16-12-7(2)8(3)17-13-10(15)6-5-9(14)11(12)13/h5-8,12,16H,4H2,1-3H3. The van der Waals surface area contributed by atoms with Crippen LogP contribution in [-0.2, 0) is 0 Å². The molecule has 0 saturated carbocycles. The normalized spacial score (nSPS) is 27.9. The molecule has 3 unspecified atom stereocenters. The number of rotatable bonds is 2. The molecule has 3 atom stereocenters. The molecule has 1 N–H and O–H groups in total. The fourth-order valence-corrected chi connectivity index (χ4v) is 3.57. The molecule has 0 spiro atoms. The molecular weight excluding hydrogens is 240 g/mol. The second-order valence-corrected chi connectivity index (χ2v) is 5.88. The zero-order chi connectivity index (χ0) is 12.6. The van der Waals surface area contributed by atoms with Gasteiger partial charge in [-0.1, -0.05) is 20.8 Å². The van der Waals surface area contributed by atoms with Crippen molar-refractivity contribution in [2.24, 2.45) is 5.92 Å². The quantitative estimate of drug-likeness (QED) is 0.866. The molecular formula is C13H17F2NS. The number of fused-ring (bicyclic) bond motifs is 1. The molecule has 2 rings (SSSR count). The van der Waals surface area contributed by atoms with Gasteiger partial charge in [0.2, 0.25) is 0 Å². The molecule has 0 aliphatic carbocycles. The van der Waals surface area contributed by atoms with Crippen molar-refractivity contribution in [3.63, 3.8) is 0 Å². The molecule has 1 heterocycles. The van der Waals surface area contributed by atoms with E-state index in [1.807, 2.05) is 6.92 Å². The van der Waals surface area contributed by atoms with Gasteiger partial charge in [0.05, 0.1) is 4.90 Å². The molecule has 0 amide bonds. The van der Waals surface area contributed by atoms with Crippen molar-refractivity contribution < 1.29 is 8.78 Å². The van der Waals surface area contributed by atoms with E-state index in [1.54, 1.807) is 0 Å². The Morgan fingerprint density at radius 1 is 1.24 bits per heavy atom. The van der Waals surface area contributed by atoms with Crippen LogP contribution >= 0.6 is 11.8 Å². The van der Waals surface area contributed by atoms with Gasteiger partial charge in [0, 0.05) is 16.9 Å². The number of hydrogen-bond acceptors (Lipinski definition) is 2. The van der Waals surface area contributed by atoms with Crippen molar-refractivity contribution in [3.8, 4) is 0 Å². The van der Waals surface area contributed by atoms with Crippen LogP contribution in [0.2, 0.25) is 0 Å². The highest BCUT2D eigenvalue weighted by Gasteiger charge is 2.35. The van der Waals surface area contributed by atoms with Gasteiger partial charge >= 0.3 is 0 Å². The average Bonchev–Trinajstić information content (AvgIpc) is 2.30. The minimum absolute atomic E-state index is 0.0954. The third-order valence-corrected chi connectivity index (χ3v) is 4.85. The fraction of sp³-hybridized carbons (Fsp3) is 0.538. The van der Waals surface area contributed by atoms with Gasteiger partial charge in [-0.15, -0.1) is 11.8 Å². The Kier molecular flexibility index (Phi) is 3.73. The highest BCUT2D eigenvalue weighted by atomic mass is 32.2. The Bertz CT molecular complexity index is 422. The van der Waals surface area contributed by atoms with Crippen molar-refractivity contribution in [2.75, 3.05) is 6.54 Å². The summed E-state index contributed by atoms with van der Waals surface area (Å²) in [5.74, 6) is -0.338. The van der Waals surface area contributed by atoms with E-state index >= 15 is 0 Å². The van der Waals surface area contributed by atoms with Crippen molar-refractivity contribution in [1.29, 1.82) is 0 Å². The predicted octanol–water partition coefficient (Wildman–Crippen LogP) is 3.75. The Labute approximate surface area is 105 Å². The van der Waals surface area contributed by atoms with Crippen molar-refractivity contribution in [3.05, 3.63) is 29.3 Å². The first-order valence-corrected chi connectivity index (χ1v) is 6.82. The van der Waals surface area contributed by atoms with Crippen LogP contribution in [0.5, 0.6) is 0 Å². The highest BCUT2D eigenvalue weighted by Crippen LogP contribution is 2.46. The third kappa shape index (κ3) is 2.20. The topological polar surface area (TPSA) is 12.0 Å². The van der Waals surface area contributed by atoms with Gasteiger partial charge in [-0.2, -0.15) is 0 Å². The summed E-state index contributed by atoms with van der Waals surface area (Å²) in [5, 5.41) is 3.55. The molecule has 0 fully saturated rings. The van der Waals surface area contributed by atoms with Crippen molar-refractivity contribution in [2.45, 2.75) is 37.0 Å². The van der Waals surface area contributed by atoms with E-state index < -0.39 is 0 Å². The fourth-order valence-electron chi connectivity index (χ4n) is 2.29. The molecule has 4 heteroatoms. The van der Waals surface area contributed by atoms with E-state index in [1.165, 1.54) is 23.9 Å². The van der Waals surface area contributed by atoms with Crippen LogP contribution in [0.1, 0.15) is 32.4 Å². The maximum absolute atomic E-state index is 13.9. The van der Waals surface area contributed by atoms with Crippen LogP contribution in [0.15, 0.2) is 17.0 Å². The molecule has 94 valence electrons. The van der Waals surface area contributed by atoms with Gasteiger partial charge in [-0.05, 0) is 24.6 Å². The Morgan fingerprint density at radius 2 is 1.88 bits per heavy atom. The Morgan fingerprint density at radius 3 is 2.53 bits per heavy atom. The first-order chi connectivity index (χ1) is 8.06. The Hall–Kier alpha value is -0.610. The lowest BCUT2D eigenvalue weighted by atomic mass is 9.91. The monoisotopic (exact) mass is 257 g/mol. The summed E-state index contributed by atoms with van der Waals surface area (Å²) in [6.45, 7) is 6.88. The molecule has 1 nitrogen and oxygen atoms in total. The lowest BCUT2D eigenvalue weighted by Crippen LogP contribution is -2.35. The second-order valence-electron chi connectivity index (χ2n) is 4.49. The zero-order valence-electron chi connectivity index (χ0n) is 10.3. The van der Waals surface area contributed by atoms with Gasteiger partial charge < -0.3 is 5.32 Å². The molecule has 1 aromatic carbocycles. The van der Waals surface area contributed by atoms with Gasteiger partial charge in [-0.3, -0.25) is 0 Å². The molecule has 17 heavy (non-hydrogen) atoms. The average molecular weight is 257 g/mol. The summed E-state index contributed by atoms with van der Waals surface area (Å²) in [6, 6.07) is 2.34. The molecule has 1 aliphatic heterocycles. The lowest BCUT2D eigenvalue weighted by molar-refractivity contribution is 0.360. The zero-order valence-corrected chi connectivity index (χ0v) is 11.1. The molecule has 1 aliphatic rings. The Balaban J connectivity index is 2.53. The van der Waals surface area contributed by atoms with Crippen LogP contribution in [0.3, 0.4) is 0 Å². The first-order valence-electron chi connectivity index (χ1n) is 5.94. The van der Waals surface area contributed by atoms with E-state index in [2.05, 4.69) is 19.2 Å². The van der Waals surface area contributed by atoms with Crippen LogP contribution < -0.4 is 5.32 Å². The van der Waals surface area contributed by atoms with E-state index in [-0.39, 0.29) is 28.8 Å². The molecule has 1 aromatic rings. The molecule has 0 bridgehead atoms. The summed E-state index contributed by atoms with van der Waals surface area (Å²) >= 11 is 1.44. The van der Waals surface area contributed by atoms with Crippen LogP contribution in [0.25, 0.3) is 0 Å². The van der Waals surface area contributed by atoms with E-state index in [9.17, 15) is 8.78 Å². The number of hydrogen-bond donors (Lipinski definition) is 1. The van der Waals surface area contributed by atoms with Gasteiger partial charge in [0.1, 0.15) is 11.6 Å².